The monoisotopic (exact) mass is 236 g/mol. The quantitative estimate of drug-likeness (QED) is 0.853. The molecule has 94 valence electrons. The number of methoxy groups -OCH3 is 1. The van der Waals surface area contributed by atoms with Crippen molar-refractivity contribution in [3.63, 3.8) is 0 Å². The van der Waals surface area contributed by atoms with Gasteiger partial charge in [-0.05, 0) is 12.5 Å². The van der Waals surface area contributed by atoms with Crippen LogP contribution in [0.1, 0.15) is 31.7 Å². The zero-order valence-corrected chi connectivity index (χ0v) is 10.5. The van der Waals surface area contributed by atoms with Crippen LogP contribution in [0.3, 0.4) is 0 Å². The van der Waals surface area contributed by atoms with E-state index in [1.807, 2.05) is 24.3 Å². The lowest BCUT2D eigenvalue weighted by Crippen LogP contribution is -2.45. The molecule has 1 saturated carbocycles. The van der Waals surface area contributed by atoms with Crippen LogP contribution >= 0.6 is 0 Å². The molecule has 17 heavy (non-hydrogen) atoms. The van der Waals surface area contributed by atoms with E-state index >= 15 is 0 Å². The molecule has 3 nitrogen and oxygen atoms in total. The molecule has 1 aromatic carbocycles. The first-order valence-electron chi connectivity index (χ1n) is 6.17. The molecule has 0 amide bonds. The lowest BCUT2D eigenvalue weighted by Gasteiger charge is -2.43. The molecule has 2 rings (SSSR count). The fraction of sp³-hybridized carbons (Fsp3) is 0.571. The van der Waals surface area contributed by atoms with E-state index in [1.165, 1.54) is 0 Å². The molecule has 0 spiro atoms. The van der Waals surface area contributed by atoms with Gasteiger partial charge in [-0.1, -0.05) is 25.1 Å². The van der Waals surface area contributed by atoms with Gasteiger partial charge in [0.05, 0.1) is 18.3 Å². The minimum absolute atomic E-state index is 0.166. The van der Waals surface area contributed by atoms with E-state index in [4.69, 9.17) is 9.47 Å². The molecule has 0 bridgehead atoms. The highest BCUT2D eigenvalue weighted by molar-refractivity contribution is 5.39. The fourth-order valence-corrected chi connectivity index (χ4v) is 2.27. The van der Waals surface area contributed by atoms with Gasteiger partial charge >= 0.3 is 0 Å². The van der Waals surface area contributed by atoms with Crippen molar-refractivity contribution in [3.8, 4) is 5.75 Å². The molecule has 0 heterocycles. The molecule has 1 aliphatic carbocycles. The predicted octanol–water partition coefficient (Wildman–Crippen LogP) is 2.47. The molecule has 3 heteroatoms. The van der Waals surface area contributed by atoms with Crippen molar-refractivity contribution in [1.29, 1.82) is 0 Å². The smallest absolute Gasteiger partial charge is 0.125 e. The third kappa shape index (κ3) is 2.45. The summed E-state index contributed by atoms with van der Waals surface area (Å²) in [7, 11) is 1.68. The minimum Gasteiger partial charge on any atom is -0.493 e. The van der Waals surface area contributed by atoms with Gasteiger partial charge in [-0.3, -0.25) is 0 Å². The molecule has 0 atom stereocenters. The molecule has 0 aromatic heterocycles. The van der Waals surface area contributed by atoms with E-state index < -0.39 is 5.60 Å². The number of hydrogen-bond acceptors (Lipinski definition) is 3. The first-order chi connectivity index (χ1) is 8.19. The Morgan fingerprint density at radius 3 is 2.71 bits per heavy atom. The Morgan fingerprint density at radius 1 is 1.35 bits per heavy atom. The largest absolute Gasteiger partial charge is 0.493 e. The van der Waals surface area contributed by atoms with Crippen molar-refractivity contribution in [3.05, 3.63) is 29.8 Å². The highest BCUT2D eigenvalue weighted by Gasteiger charge is 2.45. The van der Waals surface area contributed by atoms with Crippen LogP contribution in [-0.2, 0) is 10.3 Å². The number of rotatable bonds is 5. The van der Waals surface area contributed by atoms with Crippen LogP contribution < -0.4 is 4.74 Å². The molecule has 0 aliphatic heterocycles. The average Bonchev–Trinajstić information content (AvgIpc) is 2.32. The number of hydrogen-bond donors (Lipinski definition) is 1. The summed E-state index contributed by atoms with van der Waals surface area (Å²) < 4.78 is 10.9. The lowest BCUT2D eigenvalue weighted by molar-refractivity contribution is -0.134. The van der Waals surface area contributed by atoms with Crippen molar-refractivity contribution in [2.24, 2.45) is 0 Å². The highest BCUT2D eigenvalue weighted by Crippen LogP contribution is 2.45. The van der Waals surface area contributed by atoms with E-state index in [0.29, 0.717) is 19.4 Å². The Labute approximate surface area is 102 Å². The molecular formula is C14H20O3. The number of aliphatic hydroxyl groups is 1. The van der Waals surface area contributed by atoms with Gasteiger partial charge in [-0.15, -0.1) is 0 Å². The van der Waals surface area contributed by atoms with Gasteiger partial charge in [-0.25, -0.2) is 0 Å². The second-order valence-electron chi connectivity index (χ2n) is 4.64. The Balaban J connectivity index is 2.15. The molecule has 0 radical (unpaired) electrons. The van der Waals surface area contributed by atoms with Crippen LogP contribution in [0.15, 0.2) is 24.3 Å². The molecule has 1 N–H and O–H groups in total. The summed E-state index contributed by atoms with van der Waals surface area (Å²) in [5.74, 6) is 0.798. The van der Waals surface area contributed by atoms with Crippen LogP contribution in [0.25, 0.3) is 0 Å². The third-order valence-corrected chi connectivity index (χ3v) is 3.31. The maximum absolute atomic E-state index is 10.5. The van der Waals surface area contributed by atoms with E-state index in [9.17, 15) is 5.11 Å². The van der Waals surface area contributed by atoms with Crippen LogP contribution in [0.5, 0.6) is 5.75 Å². The molecule has 0 unspecified atom stereocenters. The van der Waals surface area contributed by atoms with Gasteiger partial charge in [0.25, 0.3) is 0 Å². The topological polar surface area (TPSA) is 38.7 Å². The summed E-state index contributed by atoms with van der Waals surface area (Å²) in [5.41, 5.74) is 0.118. The Bertz CT molecular complexity index is 369. The van der Waals surface area contributed by atoms with Crippen LogP contribution in [0.4, 0.5) is 0 Å². The zero-order chi connectivity index (χ0) is 12.3. The average molecular weight is 236 g/mol. The van der Waals surface area contributed by atoms with Gasteiger partial charge in [0.15, 0.2) is 0 Å². The summed E-state index contributed by atoms with van der Waals surface area (Å²) in [6, 6.07) is 7.73. The Hall–Kier alpha value is -1.06. The van der Waals surface area contributed by atoms with Gasteiger partial charge in [0.2, 0.25) is 0 Å². The summed E-state index contributed by atoms with van der Waals surface area (Å²) in [5, 5.41) is 10.5. The molecule has 1 aromatic rings. The summed E-state index contributed by atoms with van der Waals surface area (Å²) >= 11 is 0. The number of para-hydroxylation sites is 1. The van der Waals surface area contributed by atoms with Crippen molar-refractivity contribution < 1.29 is 14.6 Å². The molecule has 1 fully saturated rings. The van der Waals surface area contributed by atoms with E-state index in [1.54, 1.807) is 7.11 Å². The van der Waals surface area contributed by atoms with Gasteiger partial charge < -0.3 is 14.6 Å². The first kappa shape index (κ1) is 12.4. The highest BCUT2D eigenvalue weighted by atomic mass is 16.5. The van der Waals surface area contributed by atoms with Gasteiger partial charge in [0, 0.05) is 25.5 Å². The maximum atomic E-state index is 10.5. The van der Waals surface area contributed by atoms with Crippen LogP contribution in [0, 0.1) is 0 Å². The summed E-state index contributed by atoms with van der Waals surface area (Å²) in [6.45, 7) is 2.75. The Morgan fingerprint density at radius 2 is 2.06 bits per heavy atom. The van der Waals surface area contributed by atoms with Crippen LogP contribution in [-0.4, -0.2) is 24.9 Å². The summed E-state index contributed by atoms with van der Waals surface area (Å²) in [4.78, 5) is 0. The maximum Gasteiger partial charge on any atom is 0.125 e. The summed E-state index contributed by atoms with van der Waals surface area (Å²) in [6.07, 6.45) is 2.43. The fourth-order valence-electron chi connectivity index (χ4n) is 2.27. The SMILES string of the molecule is CCCOc1ccccc1C1(O)CC(OC)C1. The number of benzene rings is 1. The molecular weight excluding hydrogens is 216 g/mol. The minimum atomic E-state index is -0.773. The normalized spacial score (nSPS) is 27.6. The van der Waals surface area contributed by atoms with Gasteiger partial charge in [0.1, 0.15) is 5.75 Å². The van der Waals surface area contributed by atoms with Crippen molar-refractivity contribution in [1.82, 2.24) is 0 Å². The first-order valence-corrected chi connectivity index (χ1v) is 6.17. The van der Waals surface area contributed by atoms with Crippen molar-refractivity contribution >= 4 is 0 Å². The standard InChI is InChI=1S/C14H20O3/c1-3-8-17-13-7-5-4-6-12(13)14(15)9-11(10-14)16-2/h4-7,11,15H,3,8-10H2,1-2H3. The second-order valence-corrected chi connectivity index (χ2v) is 4.64. The second kappa shape index (κ2) is 5.07. The Kier molecular flexibility index (Phi) is 3.69. The van der Waals surface area contributed by atoms with E-state index in [-0.39, 0.29) is 6.10 Å². The van der Waals surface area contributed by atoms with E-state index in [0.717, 1.165) is 17.7 Å². The van der Waals surface area contributed by atoms with Crippen molar-refractivity contribution in [2.75, 3.05) is 13.7 Å². The van der Waals surface area contributed by atoms with Crippen molar-refractivity contribution in [2.45, 2.75) is 37.9 Å². The molecule has 0 saturated heterocycles. The zero-order valence-electron chi connectivity index (χ0n) is 10.5. The predicted molar refractivity (Wildman–Crippen MR) is 66.2 cm³/mol. The van der Waals surface area contributed by atoms with Crippen LogP contribution in [0.2, 0.25) is 0 Å². The third-order valence-electron chi connectivity index (χ3n) is 3.31. The molecule has 1 aliphatic rings. The lowest BCUT2D eigenvalue weighted by atomic mass is 9.72. The van der Waals surface area contributed by atoms with Gasteiger partial charge in [-0.2, -0.15) is 0 Å². The number of ether oxygens (including phenoxy) is 2. The van der Waals surface area contributed by atoms with E-state index in [2.05, 4.69) is 6.92 Å².